The zero-order chi connectivity index (χ0) is 13.9. The van der Waals surface area contributed by atoms with Crippen LogP contribution in [-0.4, -0.2) is 8.42 Å². The van der Waals surface area contributed by atoms with Gasteiger partial charge in [-0.05, 0) is 23.8 Å². The number of hydrogen-bond acceptors (Lipinski definition) is 3. The molecule has 0 bridgehead atoms. The van der Waals surface area contributed by atoms with Crippen LogP contribution in [0.2, 0.25) is 5.02 Å². The fourth-order valence-electron chi connectivity index (χ4n) is 1.62. The first-order valence-corrected chi connectivity index (χ1v) is 7.59. The maximum Gasteiger partial charge on any atom is 0.236 e. The average Bonchev–Trinajstić information content (AvgIpc) is 2.34. The Kier molecular flexibility index (Phi) is 3.97. The molecule has 2 aromatic rings. The molecule has 0 heterocycles. The van der Waals surface area contributed by atoms with Gasteiger partial charge < -0.3 is 5.73 Å². The van der Waals surface area contributed by atoms with E-state index in [1.165, 1.54) is 6.07 Å². The lowest BCUT2D eigenvalue weighted by Crippen LogP contribution is -2.15. The van der Waals surface area contributed by atoms with Crippen LogP contribution in [0.15, 0.2) is 48.5 Å². The number of benzene rings is 2. The lowest BCUT2D eigenvalue weighted by molar-refractivity contribution is 0.600. The molecule has 2 aromatic carbocycles. The fourth-order valence-corrected chi connectivity index (χ4v) is 2.92. The van der Waals surface area contributed by atoms with Crippen molar-refractivity contribution in [1.82, 2.24) is 0 Å². The van der Waals surface area contributed by atoms with E-state index in [1.54, 1.807) is 36.4 Å². The summed E-state index contributed by atoms with van der Waals surface area (Å²) in [7, 11) is -3.47. The topological polar surface area (TPSA) is 72.2 Å². The number of nitrogen functional groups attached to an aromatic ring is 1. The van der Waals surface area contributed by atoms with Crippen LogP contribution in [0.5, 0.6) is 0 Å². The Morgan fingerprint density at radius 1 is 1.11 bits per heavy atom. The van der Waals surface area contributed by atoms with Crippen molar-refractivity contribution < 1.29 is 8.42 Å². The maximum absolute atomic E-state index is 12.0. The maximum atomic E-state index is 12.0. The number of halogens is 1. The molecule has 0 fully saturated rings. The lowest BCUT2D eigenvalue weighted by Gasteiger charge is -2.09. The van der Waals surface area contributed by atoms with E-state index in [0.29, 0.717) is 16.4 Å². The molecular weight excluding hydrogens is 284 g/mol. The third kappa shape index (κ3) is 3.87. The third-order valence-electron chi connectivity index (χ3n) is 2.47. The monoisotopic (exact) mass is 296 g/mol. The number of hydrogen-bond donors (Lipinski definition) is 2. The highest BCUT2D eigenvalue weighted by Gasteiger charge is 2.12. The molecule has 0 aliphatic heterocycles. The normalized spacial score (nSPS) is 11.2. The van der Waals surface area contributed by atoms with Gasteiger partial charge in [-0.15, -0.1) is 0 Å². The van der Waals surface area contributed by atoms with Gasteiger partial charge in [-0.2, -0.15) is 0 Å². The molecule has 0 aliphatic carbocycles. The van der Waals surface area contributed by atoms with Crippen LogP contribution in [0, 0.1) is 0 Å². The van der Waals surface area contributed by atoms with Gasteiger partial charge in [0.05, 0.1) is 22.2 Å². The summed E-state index contributed by atoms with van der Waals surface area (Å²) in [6, 6.07) is 13.6. The molecule has 0 atom stereocenters. The molecule has 3 N–H and O–H groups in total. The minimum Gasteiger partial charge on any atom is -0.397 e. The first kappa shape index (κ1) is 13.7. The summed E-state index contributed by atoms with van der Waals surface area (Å²) < 4.78 is 26.4. The fraction of sp³-hybridized carbons (Fsp3) is 0.0769. The second-order valence-electron chi connectivity index (χ2n) is 4.08. The number of sulfonamides is 1. The van der Waals surface area contributed by atoms with Crippen LogP contribution in [0.4, 0.5) is 11.4 Å². The van der Waals surface area contributed by atoms with E-state index in [1.807, 2.05) is 6.07 Å². The summed E-state index contributed by atoms with van der Waals surface area (Å²) in [5.41, 5.74) is 7.08. The molecule has 100 valence electrons. The van der Waals surface area contributed by atoms with Gasteiger partial charge in [-0.25, -0.2) is 8.42 Å². The van der Waals surface area contributed by atoms with Gasteiger partial charge in [-0.1, -0.05) is 41.9 Å². The number of rotatable bonds is 4. The second-order valence-corrected chi connectivity index (χ2v) is 6.21. The van der Waals surface area contributed by atoms with Crippen molar-refractivity contribution in [3.8, 4) is 0 Å². The predicted octanol–water partition coefficient (Wildman–Crippen LogP) is 2.86. The molecular formula is C13H13ClN2O2S. The Morgan fingerprint density at radius 3 is 2.42 bits per heavy atom. The van der Waals surface area contributed by atoms with E-state index in [0.717, 1.165) is 5.56 Å². The average molecular weight is 297 g/mol. The van der Waals surface area contributed by atoms with Gasteiger partial charge in [0.15, 0.2) is 0 Å². The first-order chi connectivity index (χ1) is 8.96. The van der Waals surface area contributed by atoms with Crippen LogP contribution in [0.25, 0.3) is 0 Å². The van der Waals surface area contributed by atoms with Crippen LogP contribution in [0.1, 0.15) is 5.56 Å². The lowest BCUT2D eigenvalue weighted by atomic mass is 10.2. The molecule has 0 spiro atoms. The Hall–Kier alpha value is -1.72. The number of anilines is 2. The van der Waals surface area contributed by atoms with Gasteiger partial charge in [0.2, 0.25) is 10.0 Å². The third-order valence-corrected chi connectivity index (χ3v) is 4.07. The van der Waals surface area contributed by atoms with Crippen molar-refractivity contribution in [2.75, 3.05) is 10.5 Å². The smallest absolute Gasteiger partial charge is 0.236 e. The molecule has 6 heteroatoms. The zero-order valence-corrected chi connectivity index (χ0v) is 11.6. The van der Waals surface area contributed by atoms with E-state index >= 15 is 0 Å². The van der Waals surface area contributed by atoms with Gasteiger partial charge >= 0.3 is 0 Å². The van der Waals surface area contributed by atoms with Crippen LogP contribution in [-0.2, 0) is 15.8 Å². The van der Waals surface area contributed by atoms with Gasteiger partial charge in [0.25, 0.3) is 0 Å². The van der Waals surface area contributed by atoms with Crippen molar-refractivity contribution in [1.29, 1.82) is 0 Å². The van der Waals surface area contributed by atoms with E-state index in [2.05, 4.69) is 4.72 Å². The molecule has 19 heavy (non-hydrogen) atoms. The molecule has 0 unspecified atom stereocenters. The Bertz CT molecular complexity index is 672. The number of nitrogens with one attached hydrogen (secondary N) is 1. The molecule has 2 rings (SSSR count). The standard InChI is InChI=1S/C13H13ClN2O2S/c14-12-7-6-11(8-13(12)15)16-19(17,18)9-10-4-2-1-3-5-10/h1-8,16H,9,15H2. The second kappa shape index (κ2) is 5.50. The van der Waals surface area contributed by atoms with E-state index in [4.69, 9.17) is 17.3 Å². The molecule has 0 aliphatic rings. The Balaban J connectivity index is 2.15. The summed E-state index contributed by atoms with van der Waals surface area (Å²) in [5.74, 6) is -0.0869. The van der Waals surface area contributed by atoms with Gasteiger partial charge in [0, 0.05) is 0 Å². The molecule has 0 saturated heterocycles. The van der Waals surface area contributed by atoms with Crippen molar-refractivity contribution in [3.63, 3.8) is 0 Å². The van der Waals surface area contributed by atoms with Gasteiger partial charge in [0.1, 0.15) is 0 Å². The van der Waals surface area contributed by atoms with Crippen LogP contribution in [0.3, 0.4) is 0 Å². The summed E-state index contributed by atoms with van der Waals surface area (Å²) in [4.78, 5) is 0. The molecule has 4 nitrogen and oxygen atoms in total. The predicted molar refractivity (Wildman–Crippen MR) is 78.6 cm³/mol. The molecule has 0 amide bonds. The highest BCUT2D eigenvalue weighted by molar-refractivity contribution is 7.91. The summed E-state index contributed by atoms with van der Waals surface area (Å²) in [6.45, 7) is 0. The summed E-state index contributed by atoms with van der Waals surface area (Å²) in [5, 5.41) is 0.394. The van der Waals surface area contributed by atoms with Crippen molar-refractivity contribution >= 4 is 33.0 Å². The van der Waals surface area contributed by atoms with Crippen LogP contribution >= 0.6 is 11.6 Å². The Labute approximate surface area is 117 Å². The van der Waals surface area contributed by atoms with Gasteiger partial charge in [-0.3, -0.25) is 4.72 Å². The largest absolute Gasteiger partial charge is 0.397 e. The SMILES string of the molecule is Nc1cc(NS(=O)(=O)Cc2ccccc2)ccc1Cl. The summed E-state index contributed by atoms with van der Waals surface area (Å²) in [6.07, 6.45) is 0. The Morgan fingerprint density at radius 2 is 1.79 bits per heavy atom. The van der Waals surface area contributed by atoms with Crippen molar-refractivity contribution in [3.05, 3.63) is 59.1 Å². The first-order valence-electron chi connectivity index (χ1n) is 5.56. The highest BCUT2D eigenvalue weighted by atomic mass is 35.5. The molecule has 0 aromatic heterocycles. The van der Waals surface area contributed by atoms with E-state index < -0.39 is 10.0 Å². The zero-order valence-electron chi connectivity index (χ0n) is 10.0. The number of nitrogens with two attached hydrogens (primary N) is 1. The van der Waals surface area contributed by atoms with E-state index in [9.17, 15) is 8.42 Å². The van der Waals surface area contributed by atoms with Crippen molar-refractivity contribution in [2.24, 2.45) is 0 Å². The quantitative estimate of drug-likeness (QED) is 0.852. The molecule has 0 saturated carbocycles. The van der Waals surface area contributed by atoms with Crippen LogP contribution < -0.4 is 10.5 Å². The highest BCUT2D eigenvalue weighted by Crippen LogP contribution is 2.23. The minimum absolute atomic E-state index is 0.0869. The van der Waals surface area contributed by atoms with E-state index in [-0.39, 0.29) is 5.75 Å². The minimum atomic E-state index is -3.47. The molecule has 0 radical (unpaired) electrons. The summed E-state index contributed by atoms with van der Waals surface area (Å²) >= 11 is 5.78. The van der Waals surface area contributed by atoms with Crippen molar-refractivity contribution in [2.45, 2.75) is 5.75 Å².